The lowest BCUT2D eigenvalue weighted by Gasteiger charge is -2.33. The van der Waals surface area contributed by atoms with Crippen LogP contribution in [0.3, 0.4) is 0 Å². The maximum atomic E-state index is 13.4. The Morgan fingerprint density at radius 2 is 2.35 bits per heavy atom. The summed E-state index contributed by atoms with van der Waals surface area (Å²) in [6.07, 6.45) is 1.13. The van der Waals surface area contributed by atoms with Crippen LogP contribution in [0.15, 0.2) is 18.2 Å². The molecule has 1 saturated heterocycles. The van der Waals surface area contributed by atoms with Crippen molar-refractivity contribution in [2.45, 2.75) is 18.6 Å². The Hall–Kier alpha value is -1.21. The number of hydrogen-bond acceptors (Lipinski definition) is 3. The van der Waals surface area contributed by atoms with Gasteiger partial charge in [0.1, 0.15) is 5.82 Å². The Morgan fingerprint density at radius 1 is 1.53 bits per heavy atom. The van der Waals surface area contributed by atoms with Crippen molar-refractivity contribution >= 4 is 17.4 Å². The van der Waals surface area contributed by atoms with Gasteiger partial charge < -0.3 is 4.90 Å². The number of nitriles is 1. The smallest absolute Gasteiger partial charge is 0.126 e. The van der Waals surface area contributed by atoms with Gasteiger partial charge in [-0.15, -0.1) is 0 Å². The summed E-state index contributed by atoms with van der Waals surface area (Å²) < 4.78 is 13.4. The van der Waals surface area contributed by atoms with E-state index < -0.39 is 0 Å². The highest BCUT2D eigenvalue weighted by Crippen LogP contribution is 2.26. The molecule has 1 fully saturated rings. The Bertz CT molecular complexity index is 442. The molecule has 1 aromatic rings. The van der Waals surface area contributed by atoms with Gasteiger partial charge in [-0.05, 0) is 24.6 Å². The van der Waals surface area contributed by atoms with Crippen LogP contribution in [0.25, 0.3) is 0 Å². The standard InChI is InChI=1S/C13H15FN2S/c1-2-13-9-16(3-4-17-13)12-6-10(8-15)5-11(14)7-12/h5-7,13H,2-4,9H2,1H3. The fourth-order valence-corrected chi connectivity index (χ4v) is 3.20. The number of anilines is 1. The molecule has 0 saturated carbocycles. The van der Waals surface area contributed by atoms with E-state index in [9.17, 15) is 4.39 Å². The van der Waals surface area contributed by atoms with E-state index >= 15 is 0 Å². The Morgan fingerprint density at radius 3 is 3.06 bits per heavy atom. The van der Waals surface area contributed by atoms with Crippen molar-refractivity contribution in [1.82, 2.24) is 0 Å². The molecule has 17 heavy (non-hydrogen) atoms. The van der Waals surface area contributed by atoms with Crippen LogP contribution in [-0.4, -0.2) is 24.1 Å². The number of halogens is 1. The summed E-state index contributed by atoms with van der Waals surface area (Å²) in [6.45, 7) is 4.04. The van der Waals surface area contributed by atoms with Crippen molar-refractivity contribution in [3.05, 3.63) is 29.6 Å². The molecule has 1 heterocycles. The largest absolute Gasteiger partial charge is 0.369 e. The molecule has 0 bridgehead atoms. The van der Waals surface area contributed by atoms with Crippen LogP contribution < -0.4 is 4.90 Å². The maximum absolute atomic E-state index is 13.4. The molecular weight excluding hydrogens is 235 g/mol. The third-order valence-electron chi connectivity index (χ3n) is 2.97. The number of benzene rings is 1. The van der Waals surface area contributed by atoms with E-state index in [1.165, 1.54) is 12.1 Å². The van der Waals surface area contributed by atoms with E-state index in [0.29, 0.717) is 10.8 Å². The van der Waals surface area contributed by atoms with Gasteiger partial charge in [0.25, 0.3) is 0 Å². The van der Waals surface area contributed by atoms with E-state index in [-0.39, 0.29) is 5.82 Å². The van der Waals surface area contributed by atoms with Crippen LogP contribution in [0, 0.1) is 17.1 Å². The second-order valence-corrected chi connectivity index (χ2v) is 5.57. The van der Waals surface area contributed by atoms with Crippen molar-refractivity contribution in [3.63, 3.8) is 0 Å². The van der Waals surface area contributed by atoms with Gasteiger partial charge in [0.05, 0.1) is 11.6 Å². The van der Waals surface area contributed by atoms with Crippen molar-refractivity contribution in [3.8, 4) is 6.07 Å². The zero-order valence-electron chi connectivity index (χ0n) is 9.82. The molecule has 0 aliphatic carbocycles. The molecule has 1 unspecified atom stereocenters. The normalized spacial score (nSPS) is 20.1. The van der Waals surface area contributed by atoms with Crippen molar-refractivity contribution < 1.29 is 4.39 Å². The zero-order valence-corrected chi connectivity index (χ0v) is 10.6. The average Bonchev–Trinajstić information content (AvgIpc) is 2.38. The number of thioether (sulfide) groups is 1. The lowest BCUT2D eigenvalue weighted by atomic mass is 10.2. The number of nitrogens with zero attached hydrogens (tertiary/aromatic N) is 2. The number of rotatable bonds is 2. The highest BCUT2D eigenvalue weighted by atomic mass is 32.2. The molecule has 0 amide bonds. The molecule has 1 aliphatic rings. The summed E-state index contributed by atoms with van der Waals surface area (Å²) in [6, 6.07) is 6.56. The summed E-state index contributed by atoms with van der Waals surface area (Å²) >= 11 is 1.98. The van der Waals surface area contributed by atoms with Gasteiger partial charge >= 0.3 is 0 Å². The van der Waals surface area contributed by atoms with Gasteiger partial charge in [-0.25, -0.2) is 4.39 Å². The molecule has 2 nitrogen and oxygen atoms in total. The van der Waals surface area contributed by atoms with E-state index in [4.69, 9.17) is 5.26 Å². The minimum absolute atomic E-state index is 0.328. The first kappa shape index (κ1) is 12.3. The Kier molecular flexibility index (Phi) is 3.90. The van der Waals surface area contributed by atoms with Gasteiger partial charge in [0.15, 0.2) is 0 Å². The average molecular weight is 250 g/mol. The minimum Gasteiger partial charge on any atom is -0.369 e. The first-order chi connectivity index (χ1) is 8.22. The van der Waals surface area contributed by atoms with Gasteiger partial charge in [-0.3, -0.25) is 0 Å². The second kappa shape index (κ2) is 5.42. The second-order valence-electron chi connectivity index (χ2n) is 4.16. The molecule has 0 spiro atoms. The summed E-state index contributed by atoms with van der Waals surface area (Å²) in [5, 5.41) is 9.45. The highest BCUT2D eigenvalue weighted by Gasteiger charge is 2.19. The molecular formula is C13H15FN2S. The van der Waals surface area contributed by atoms with Gasteiger partial charge in [0, 0.05) is 29.8 Å². The van der Waals surface area contributed by atoms with E-state index in [1.54, 1.807) is 6.07 Å². The van der Waals surface area contributed by atoms with Crippen LogP contribution in [-0.2, 0) is 0 Å². The molecule has 90 valence electrons. The van der Waals surface area contributed by atoms with Crippen molar-refractivity contribution in [2.75, 3.05) is 23.7 Å². The molecule has 1 aliphatic heterocycles. The predicted octanol–water partition coefficient (Wildman–Crippen LogP) is 3.03. The minimum atomic E-state index is -0.328. The number of hydrogen-bond donors (Lipinski definition) is 0. The fourth-order valence-electron chi connectivity index (χ4n) is 2.02. The quantitative estimate of drug-likeness (QED) is 0.807. The van der Waals surface area contributed by atoms with E-state index in [1.807, 2.05) is 17.8 Å². The third-order valence-corrected chi connectivity index (χ3v) is 4.34. The highest BCUT2D eigenvalue weighted by molar-refractivity contribution is 8.00. The summed E-state index contributed by atoms with van der Waals surface area (Å²) in [5.41, 5.74) is 1.23. The lowest BCUT2D eigenvalue weighted by molar-refractivity contribution is 0.625. The maximum Gasteiger partial charge on any atom is 0.126 e. The SMILES string of the molecule is CCC1CN(c2cc(F)cc(C#N)c2)CCS1. The Balaban J connectivity index is 2.21. The molecule has 2 rings (SSSR count). The van der Waals surface area contributed by atoms with Crippen molar-refractivity contribution in [1.29, 1.82) is 5.26 Å². The third kappa shape index (κ3) is 2.92. The lowest BCUT2D eigenvalue weighted by Crippen LogP contribution is -2.37. The molecule has 1 atom stereocenters. The van der Waals surface area contributed by atoms with Crippen LogP contribution in [0.1, 0.15) is 18.9 Å². The van der Waals surface area contributed by atoms with Crippen LogP contribution in [0.5, 0.6) is 0 Å². The molecule has 4 heteroatoms. The molecule has 0 aromatic heterocycles. The molecule has 1 aromatic carbocycles. The van der Waals surface area contributed by atoms with Crippen LogP contribution in [0.4, 0.5) is 10.1 Å². The van der Waals surface area contributed by atoms with Crippen LogP contribution in [0.2, 0.25) is 0 Å². The van der Waals surface area contributed by atoms with Gasteiger partial charge in [0.2, 0.25) is 0 Å². The topological polar surface area (TPSA) is 27.0 Å². The van der Waals surface area contributed by atoms with Crippen molar-refractivity contribution in [2.24, 2.45) is 0 Å². The fraction of sp³-hybridized carbons (Fsp3) is 0.462. The van der Waals surface area contributed by atoms with Crippen LogP contribution >= 0.6 is 11.8 Å². The summed E-state index contributed by atoms with van der Waals surface area (Å²) in [4.78, 5) is 2.18. The summed E-state index contributed by atoms with van der Waals surface area (Å²) in [7, 11) is 0. The Labute approximate surface area is 105 Å². The zero-order chi connectivity index (χ0) is 12.3. The van der Waals surface area contributed by atoms with E-state index in [0.717, 1.165) is 31.0 Å². The van der Waals surface area contributed by atoms with E-state index in [2.05, 4.69) is 11.8 Å². The predicted molar refractivity (Wildman–Crippen MR) is 69.9 cm³/mol. The summed E-state index contributed by atoms with van der Waals surface area (Å²) in [5.74, 6) is 0.738. The first-order valence-electron chi connectivity index (χ1n) is 5.80. The molecule has 0 radical (unpaired) electrons. The first-order valence-corrected chi connectivity index (χ1v) is 6.85. The van der Waals surface area contributed by atoms with Gasteiger partial charge in [-0.1, -0.05) is 6.92 Å². The van der Waals surface area contributed by atoms with Gasteiger partial charge in [-0.2, -0.15) is 17.0 Å². The molecule has 0 N–H and O–H groups in total. The monoisotopic (exact) mass is 250 g/mol.